The van der Waals surface area contributed by atoms with Gasteiger partial charge in [0.2, 0.25) is 0 Å². The summed E-state index contributed by atoms with van der Waals surface area (Å²) in [5.41, 5.74) is 1.93. The number of aliphatic hydroxyl groups excluding tert-OH is 1. The maximum atomic E-state index is 16.0. The van der Waals surface area contributed by atoms with Crippen molar-refractivity contribution < 1.29 is 69.2 Å². The molecule has 0 aromatic heterocycles. The minimum atomic E-state index is -4.69. The molecule has 2 aliphatic rings. The molecule has 2 aliphatic heterocycles. The average molecular weight is 1140 g/mol. The van der Waals surface area contributed by atoms with Crippen molar-refractivity contribution in [2.75, 3.05) is 18.1 Å². The quantitative estimate of drug-likeness (QED) is 0.0332. The largest absolute Gasteiger partial charge is 0.457 e. The second kappa shape index (κ2) is 20.4. The Bertz CT molecular complexity index is 4550. The number of carbonyl (C=O) groups excluding carboxylic acids is 4. The molecule has 412 valence electrons. The summed E-state index contributed by atoms with van der Waals surface area (Å²) in [6.07, 6.45) is 1.23. The van der Waals surface area contributed by atoms with E-state index in [0.717, 1.165) is 40.3 Å². The lowest BCUT2D eigenvalue weighted by atomic mass is 9.80. The maximum absolute atomic E-state index is 16.0. The summed E-state index contributed by atoms with van der Waals surface area (Å²) in [5, 5.41) is 11.3. The van der Waals surface area contributed by atoms with Crippen LogP contribution in [-0.2, 0) is 26.7 Å². The van der Waals surface area contributed by atoms with Crippen LogP contribution in [0.1, 0.15) is 92.1 Å². The van der Waals surface area contributed by atoms with Crippen LogP contribution in [0.4, 0.5) is 5.69 Å². The molecule has 17 nitrogen and oxygen atoms in total. The van der Waals surface area contributed by atoms with Crippen molar-refractivity contribution >= 4 is 92.6 Å². The third kappa shape index (κ3) is 8.99. The second-order valence-electron chi connectivity index (χ2n) is 20.2. The molecule has 0 spiro atoms. The van der Waals surface area contributed by atoms with Gasteiger partial charge in [0, 0.05) is 56.2 Å². The standard InChI is InChI=1S/C63H48N2O15S2/c1-4-13-35-14-11-19-42(34(2)3)59(35)65-62(69)45-32-49(78-37-17-9-6-10-18-37)55-53-47(77-36-15-7-5-8-16-36)30-43-51-44(61(68)64(60(43)67)28-12-29-66)31-48(79-38-20-24-40(25-21-38)81(71,72)73)54(57(51)53)56-50(33-46(63(65)70)52(45)58(55)56)80-39-22-26-41(27-23-39)82(74,75)76/h5-11,14-27,30-34,66H,4,12-13,28-29H2,1-3H3,(H,71,72,73)(H,74,75,76). The molecule has 82 heavy (non-hydrogen) atoms. The number of rotatable bonds is 17. The lowest BCUT2D eigenvalue weighted by Gasteiger charge is -2.34. The minimum absolute atomic E-state index is 0.000783. The van der Waals surface area contributed by atoms with Crippen molar-refractivity contribution in [1.82, 2.24) is 4.90 Å². The first-order valence-corrected chi connectivity index (χ1v) is 29.0. The van der Waals surface area contributed by atoms with E-state index in [1.54, 1.807) is 66.7 Å². The normalized spacial score (nSPS) is 13.6. The number of fused-ring (bicyclic) bond motifs is 2. The number of benzene rings is 10. The molecule has 3 N–H and O–H groups in total. The molecule has 0 fully saturated rings. The Morgan fingerprint density at radius 2 is 0.841 bits per heavy atom. The smallest absolute Gasteiger partial charge is 0.294 e. The molecule has 0 bridgehead atoms. The number of hydrogen-bond donors (Lipinski definition) is 3. The fourth-order valence-corrected chi connectivity index (χ4v) is 12.1. The van der Waals surface area contributed by atoms with E-state index < -0.39 is 53.7 Å². The van der Waals surface area contributed by atoms with E-state index in [9.17, 15) is 31.0 Å². The number of aliphatic hydroxyl groups is 1. The number of hydrogen-bond acceptors (Lipinski definition) is 13. The third-order valence-electron chi connectivity index (χ3n) is 14.7. The Hall–Kier alpha value is -9.24. The highest BCUT2D eigenvalue weighted by molar-refractivity contribution is 7.86. The molecule has 0 radical (unpaired) electrons. The van der Waals surface area contributed by atoms with Crippen molar-refractivity contribution in [3.05, 3.63) is 185 Å². The van der Waals surface area contributed by atoms with E-state index in [0.29, 0.717) is 30.0 Å². The molecule has 0 unspecified atom stereocenters. The van der Waals surface area contributed by atoms with Crippen LogP contribution >= 0.6 is 0 Å². The third-order valence-corrected chi connectivity index (χ3v) is 16.4. The number of para-hydroxylation sites is 3. The van der Waals surface area contributed by atoms with Crippen LogP contribution in [0.15, 0.2) is 161 Å². The molecule has 0 aliphatic carbocycles. The summed E-state index contributed by atoms with van der Waals surface area (Å²) >= 11 is 0. The van der Waals surface area contributed by atoms with Crippen LogP contribution < -0.4 is 23.8 Å². The van der Waals surface area contributed by atoms with E-state index in [4.69, 9.17) is 18.9 Å². The van der Waals surface area contributed by atoms with E-state index in [2.05, 4.69) is 0 Å². The summed E-state index contributed by atoms with van der Waals surface area (Å²) in [6.45, 7) is 5.40. The zero-order chi connectivity index (χ0) is 57.5. The molecular formula is C63H48N2O15S2. The number of imide groups is 2. The molecule has 12 rings (SSSR count). The van der Waals surface area contributed by atoms with Crippen LogP contribution in [-0.4, -0.2) is 72.7 Å². The Morgan fingerprint density at radius 1 is 0.463 bits per heavy atom. The predicted molar refractivity (Wildman–Crippen MR) is 306 cm³/mol. The summed E-state index contributed by atoms with van der Waals surface area (Å²) in [7, 11) is -9.37. The molecule has 19 heteroatoms. The number of ether oxygens (including phenoxy) is 4. The predicted octanol–water partition coefficient (Wildman–Crippen LogP) is 13.3. The Morgan fingerprint density at radius 3 is 1.20 bits per heavy atom. The maximum Gasteiger partial charge on any atom is 0.294 e. The molecule has 4 amide bonds. The van der Waals surface area contributed by atoms with Crippen LogP contribution in [0.25, 0.3) is 43.1 Å². The summed E-state index contributed by atoms with van der Waals surface area (Å²) in [4.78, 5) is 63.4. The molecule has 0 saturated carbocycles. The van der Waals surface area contributed by atoms with Gasteiger partial charge < -0.3 is 24.1 Å². The second-order valence-corrected chi connectivity index (χ2v) is 23.0. The zero-order valence-corrected chi connectivity index (χ0v) is 45.6. The molecule has 10 aromatic rings. The fraction of sp³-hybridized carbons (Fsp3) is 0.143. The van der Waals surface area contributed by atoms with E-state index in [1.807, 2.05) is 39.0 Å². The van der Waals surface area contributed by atoms with Gasteiger partial charge in [-0.3, -0.25) is 33.2 Å². The van der Waals surface area contributed by atoms with Gasteiger partial charge in [0.05, 0.1) is 37.7 Å². The molecule has 10 aromatic carbocycles. The number of carbonyl (C=O) groups is 4. The van der Waals surface area contributed by atoms with Crippen molar-refractivity contribution in [3.8, 4) is 46.0 Å². The lowest BCUT2D eigenvalue weighted by Crippen LogP contribution is -2.42. The Labute approximate surface area is 469 Å². The van der Waals surface area contributed by atoms with Gasteiger partial charge in [0.25, 0.3) is 43.9 Å². The Kier molecular flexibility index (Phi) is 13.3. The molecule has 0 saturated heterocycles. The highest BCUT2D eigenvalue weighted by Gasteiger charge is 2.43. The molecule has 2 heterocycles. The van der Waals surface area contributed by atoms with Crippen LogP contribution in [0, 0.1) is 0 Å². The lowest BCUT2D eigenvalue weighted by molar-refractivity contribution is 0.0600. The molecular weight excluding hydrogens is 1090 g/mol. The van der Waals surface area contributed by atoms with E-state index in [-0.39, 0.29) is 125 Å². The van der Waals surface area contributed by atoms with Crippen LogP contribution in [0.3, 0.4) is 0 Å². The first-order chi connectivity index (χ1) is 39.4. The summed E-state index contributed by atoms with van der Waals surface area (Å²) < 4.78 is 96.8. The van der Waals surface area contributed by atoms with Crippen molar-refractivity contribution in [1.29, 1.82) is 0 Å². The number of nitrogens with zero attached hydrogens (tertiary/aromatic N) is 2. The zero-order valence-electron chi connectivity index (χ0n) is 44.0. The first kappa shape index (κ1) is 53.4. The van der Waals surface area contributed by atoms with Crippen LogP contribution in [0.2, 0.25) is 0 Å². The highest BCUT2D eigenvalue weighted by Crippen LogP contribution is 2.58. The van der Waals surface area contributed by atoms with E-state index >= 15 is 19.2 Å². The van der Waals surface area contributed by atoms with Crippen molar-refractivity contribution in [2.45, 2.75) is 55.7 Å². The van der Waals surface area contributed by atoms with Gasteiger partial charge in [-0.1, -0.05) is 81.8 Å². The average Bonchev–Trinajstić information content (AvgIpc) is 1.06. The van der Waals surface area contributed by atoms with Crippen molar-refractivity contribution in [2.24, 2.45) is 0 Å². The number of amides is 4. The van der Waals surface area contributed by atoms with Crippen LogP contribution in [0.5, 0.6) is 46.0 Å². The van der Waals surface area contributed by atoms with Gasteiger partial charge in [0.15, 0.2) is 0 Å². The summed E-state index contributed by atoms with van der Waals surface area (Å²) in [5.74, 6) is -2.42. The number of anilines is 1. The number of aryl methyl sites for hydroxylation is 1. The van der Waals surface area contributed by atoms with Gasteiger partial charge in [-0.05, 0) is 127 Å². The van der Waals surface area contributed by atoms with Gasteiger partial charge in [-0.25, -0.2) is 4.90 Å². The minimum Gasteiger partial charge on any atom is -0.457 e. The molecule has 0 atom stereocenters. The van der Waals surface area contributed by atoms with Gasteiger partial charge in [-0.2, -0.15) is 16.8 Å². The van der Waals surface area contributed by atoms with Gasteiger partial charge >= 0.3 is 0 Å². The fourth-order valence-electron chi connectivity index (χ4n) is 11.2. The first-order valence-electron chi connectivity index (χ1n) is 26.2. The Balaban J connectivity index is 1.31. The van der Waals surface area contributed by atoms with Gasteiger partial charge in [-0.15, -0.1) is 0 Å². The summed E-state index contributed by atoms with van der Waals surface area (Å²) in [6, 6.07) is 38.7. The van der Waals surface area contributed by atoms with Crippen molar-refractivity contribution in [3.63, 3.8) is 0 Å². The monoisotopic (exact) mass is 1140 g/mol. The SMILES string of the molecule is CCCc1cccc(C(C)C)c1N1C(=O)c2cc(Oc3ccccc3)c3c4c(Oc5ccccc5)cc5c6c(cc(Oc7ccc(S(=O)(=O)O)cc7)c(c7c(Oc8ccc(S(=O)(=O)O)cc8)cc(c2c37)C1=O)c64)C(=O)N(CCCO)C5=O. The highest BCUT2D eigenvalue weighted by atomic mass is 32.2. The van der Waals surface area contributed by atoms with Gasteiger partial charge in [0.1, 0.15) is 46.0 Å². The van der Waals surface area contributed by atoms with E-state index in [1.165, 1.54) is 47.4 Å². The topological polar surface area (TPSA) is 241 Å².